The normalized spacial score (nSPS) is 14.5. The van der Waals surface area contributed by atoms with E-state index >= 15 is 0 Å². The molecule has 1 saturated heterocycles. The fourth-order valence-corrected chi connectivity index (χ4v) is 4.80. The second-order valence-electron chi connectivity index (χ2n) is 9.63. The lowest BCUT2D eigenvalue weighted by Gasteiger charge is -2.37. The molecule has 0 N–H and O–H groups in total. The number of halogens is 2. The summed E-state index contributed by atoms with van der Waals surface area (Å²) in [5.41, 5.74) is 4.94. The van der Waals surface area contributed by atoms with Crippen LogP contribution in [0.4, 0.5) is 20.2 Å². The molecular weight excluding hydrogens is 504 g/mol. The zero-order valence-electron chi connectivity index (χ0n) is 21.7. The minimum atomic E-state index is -2.83. The molecule has 0 spiro atoms. The van der Waals surface area contributed by atoms with E-state index in [1.54, 1.807) is 24.5 Å². The summed E-state index contributed by atoms with van der Waals surface area (Å²) >= 11 is 0. The predicted octanol–water partition coefficient (Wildman–Crippen LogP) is 4.82. The van der Waals surface area contributed by atoms with Crippen LogP contribution >= 0.6 is 0 Å². The second kappa shape index (κ2) is 11.6. The summed E-state index contributed by atoms with van der Waals surface area (Å²) in [6.07, 6.45) is 4.92. The quantitative estimate of drug-likeness (QED) is 0.283. The van der Waals surface area contributed by atoms with Gasteiger partial charge in [-0.25, -0.2) is 0 Å². The van der Waals surface area contributed by atoms with Crippen LogP contribution in [0.2, 0.25) is 0 Å². The average molecular weight is 534 g/mol. The summed E-state index contributed by atoms with van der Waals surface area (Å²) in [4.78, 5) is 27.3. The molecule has 39 heavy (non-hydrogen) atoms. The number of alkyl halides is 2. The third-order valence-corrected chi connectivity index (χ3v) is 6.97. The number of benzene rings is 1. The van der Waals surface area contributed by atoms with Crippen molar-refractivity contribution in [2.24, 2.45) is 0 Å². The number of pyridine rings is 2. The largest absolute Gasteiger partial charge is 0.415 e. The van der Waals surface area contributed by atoms with Crippen LogP contribution in [0.3, 0.4) is 0 Å². The van der Waals surface area contributed by atoms with Crippen LogP contribution in [-0.2, 0) is 11.3 Å². The standard InChI is InChI=1S/C28H29F2N7O2/c1-35-13-9-23(10-14-35)37(18-38)25-15-20(19-7-11-31-12-8-19)4-6-24(25)36(2)17-22-5-3-21(16-32-22)27-33-34-28(39-27)26(29)30/h3-8,11-12,15-16,18,23,26H,9-10,13-14,17H2,1-2H3. The topological polar surface area (TPSA) is 91.5 Å². The Kier molecular flexibility index (Phi) is 7.87. The molecule has 0 bridgehead atoms. The van der Waals surface area contributed by atoms with Gasteiger partial charge in [0.15, 0.2) is 0 Å². The molecule has 0 atom stereocenters. The summed E-state index contributed by atoms with van der Waals surface area (Å²) in [6.45, 7) is 2.31. The lowest BCUT2D eigenvalue weighted by Crippen LogP contribution is -2.43. The van der Waals surface area contributed by atoms with Crippen molar-refractivity contribution in [2.75, 3.05) is 37.0 Å². The number of hydrogen-bond donors (Lipinski definition) is 0. The first-order valence-electron chi connectivity index (χ1n) is 12.7. The molecule has 3 aromatic heterocycles. The van der Waals surface area contributed by atoms with Gasteiger partial charge in [0.25, 0.3) is 5.89 Å². The lowest BCUT2D eigenvalue weighted by molar-refractivity contribution is -0.108. The maximum atomic E-state index is 12.8. The van der Waals surface area contributed by atoms with E-state index in [0.717, 1.165) is 60.5 Å². The van der Waals surface area contributed by atoms with Crippen LogP contribution < -0.4 is 9.80 Å². The van der Waals surface area contributed by atoms with E-state index in [1.807, 2.05) is 41.1 Å². The highest BCUT2D eigenvalue weighted by Gasteiger charge is 2.26. The number of carbonyl (C=O) groups is 1. The van der Waals surface area contributed by atoms with Crippen molar-refractivity contribution in [3.8, 4) is 22.6 Å². The predicted molar refractivity (Wildman–Crippen MR) is 143 cm³/mol. The zero-order chi connectivity index (χ0) is 27.4. The Hall–Kier alpha value is -4.25. The van der Waals surface area contributed by atoms with Crippen molar-refractivity contribution in [1.82, 2.24) is 25.1 Å². The molecule has 1 amide bonds. The van der Waals surface area contributed by atoms with Crippen LogP contribution in [0.5, 0.6) is 0 Å². The summed E-state index contributed by atoms with van der Waals surface area (Å²) in [6, 6.07) is 13.6. The molecule has 1 fully saturated rings. The van der Waals surface area contributed by atoms with Crippen LogP contribution in [0.1, 0.15) is 30.9 Å². The lowest BCUT2D eigenvalue weighted by atomic mass is 10.0. The van der Waals surface area contributed by atoms with Crippen LogP contribution in [0, 0.1) is 0 Å². The average Bonchev–Trinajstić information content (AvgIpc) is 3.46. The number of anilines is 2. The fourth-order valence-electron chi connectivity index (χ4n) is 4.80. The van der Waals surface area contributed by atoms with Crippen LogP contribution in [0.25, 0.3) is 22.6 Å². The third kappa shape index (κ3) is 5.93. The number of rotatable bonds is 9. The molecule has 0 saturated carbocycles. The number of likely N-dealkylation sites (tertiary alicyclic amines) is 1. The Morgan fingerprint density at radius 2 is 1.77 bits per heavy atom. The molecule has 202 valence electrons. The van der Waals surface area contributed by atoms with Gasteiger partial charge in [0, 0.05) is 31.7 Å². The van der Waals surface area contributed by atoms with Crippen LogP contribution in [-0.4, -0.2) is 64.7 Å². The summed E-state index contributed by atoms with van der Waals surface area (Å²) in [5.74, 6) is -0.729. The highest BCUT2D eigenvalue weighted by Crippen LogP contribution is 2.36. The number of carbonyl (C=O) groups excluding carboxylic acids is 1. The Labute approximate surface area is 225 Å². The van der Waals surface area contributed by atoms with Crippen molar-refractivity contribution in [3.05, 3.63) is 72.6 Å². The molecule has 1 aliphatic heterocycles. The van der Waals surface area contributed by atoms with Crippen LogP contribution in [0.15, 0.2) is 65.5 Å². The molecule has 4 heterocycles. The highest BCUT2D eigenvalue weighted by atomic mass is 19.3. The number of nitrogens with zero attached hydrogens (tertiary/aromatic N) is 7. The van der Waals surface area contributed by atoms with Crippen molar-refractivity contribution in [3.63, 3.8) is 0 Å². The van der Waals surface area contributed by atoms with Gasteiger partial charge in [0.2, 0.25) is 12.3 Å². The van der Waals surface area contributed by atoms with Gasteiger partial charge in [-0.3, -0.25) is 14.8 Å². The Bertz CT molecular complexity index is 1390. The fraction of sp³-hybridized carbons (Fsp3) is 0.321. The van der Waals surface area contributed by atoms with E-state index < -0.39 is 12.3 Å². The van der Waals surface area contributed by atoms with Gasteiger partial charge in [0.05, 0.1) is 29.2 Å². The van der Waals surface area contributed by atoms with Gasteiger partial charge in [-0.1, -0.05) is 6.07 Å². The van der Waals surface area contributed by atoms with Crippen molar-refractivity contribution in [1.29, 1.82) is 0 Å². The first kappa shape index (κ1) is 26.4. The molecule has 0 radical (unpaired) electrons. The van der Waals surface area contributed by atoms with E-state index in [9.17, 15) is 13.6 Å². The second-order valence-corrected chi connectivity index (χ2v) is 9.63. The van der Waals surface area contributed by atoms with Gasteiger partial charge in [-0.15, -0.1) is 10.2 Å². The Balaban J connectivity index is 1.42. The first-order chi connectivity index (χ1) is 18.9. The number of hydrogen-bond acceptors (Lipinski definition) is 8. The molecule has 0 aliphatic carbocycles. The Morgan fingerprint density at radius 1 is 1.03 bits per heavy atom. The Morgan fingerprint density at radius 3 is 2.41 bits per heavy atom. The van der Waals surface area contributed by atoms with E-state index in [1.165, 1.54) is 6.20 Å². The molecule has 4 aromatic rings. The molecular formula is C28H29F2N7O2. The molecule has 5 rings (SSSR count). The maximum Gasteiger partial charge on any atom is 0.314 e. The number of amides is 1. The van der Waals surface area contributed by atoms with Gasteiger partial charge in [-0.05, 0) is 80.5 Å². The minimum absolute atomic E-state index is 0.00792. The zero-order valence-corrected chi connectivity index (χ0v) is 21.7. The smallest absolute Gasteiger partial charge is 0.314 e. The summed E-state index contributed by atoms with van der Waals surface area (Å²) in [5, 5.41) is 7.04. The summed E-state index contributed by atoms with van der Waals surface area (Å²) in [7, 11) is 4.05. The van der Waals surface area contributed by atoms with Crippen molar-refractivity contribution in [2.45, 2.75) is 31.9 Å². The first-order valence-corrected chi connectivity index (χ1v) is 12.7. The number of aromatic nitrogens is 4. The van der Waals surface area contributed by atoms with Gasteiger partial charge >= 0.3 is 6.43 Å². The van der Waals surface area contributed by atoms with Gasteiger partial charge in [0.1, 0.15) is 0 Å². The monoisotopic (exact) mass is 533 g/mol. The SMILES string of the molecule is CN1CCC(N(C=O)c2cc(-c3ccncc3)ccc2N(C)Cc2ccc(-c3nnc(C(F)F)o3)cn2)CC1. The van der Waals surface area contributed by atoms with Crippen molar-refractivity contribution >= 4 is 17.8 Å². The molecule has 9 nitrogen and oxygen atoms in total. The van der Waals surface area contributed by atoms with E-state index in [4.69, 9.17) is 4.42 Å². The minimum Gasteiger partial charge on any atom is -0.415 e. The van der Waals surface area contributed by atoms with E-state index in [2.05, 4.69) is 38.2 Å². The molecule has 11 heteroatoms. The molecule has 0 unspecified atom stereocenters. The van der Waals surface area contributed by atoms with E-state index in [0.29, 0.717) is 12.1 Å². The highest BCUT2D eigenvalue weighted by molar-refractivity contribution is 5.88. The van der Waals surface area contributed by atoms with Gasteiger partial charge < -0.3 is 19.1 Å². The molecule has 1 aromatic carbocycles. The molecule has 1 aliphatic rings. The van der Waals surface area contributed by atoms with Crippen molar-refractivity contribution < 1.29 is 18.0 Å². The number of piperidine rings is 1. The van der Waals surface area contributed by atoms with E-state index in [-0.39, 0.29) is 11.9 Å². The summed E-state index contributed by atoms with van der Waals surface area (Å²) < 4.78 is 30.6. The third-order valence-electron chi connectivity index (χ3n) is 6.97. The van der Waals surface area contributed by atoms with Gasteiger partial charge in [-0.2, -0.15) is 8.78 Å². The maximum absolute atomic E-state index is 12.8.